The van der Waals surface area contributed by atoms with Crippen LogP contribution >= 0.6 is 0 Å². The first-order chi connectivity index (χ1) is 17.1. The maximum Gasteiger partial charge on any atom is 0.501 e. The number of rotatable bonds is 26. The number of hydrogen-bond acceptors (Lipinski definition) is 4. The van der Waals surface area contributed by atoms with Gasteiger partial charge in [-0.1, -0.05) is 103 Å². The number of aliphatic hydroxyl groups is 1. The van der Waals surface area contributed by atoms with Gasteiger partial charge in [0.15, 0.2) is 0 Å². The molecule has 0 amide bonds. The standard InChI is InChI=1S/C27H57FO3Si.C2H6O/c1-5-8-9-10-11-12-13-14-15-18-21-24-27(4)31-32(29-6-2,30-7-3)26-23-20-17-16-19-22-25-28;1-2-3/h27H,5-26H2,1-4H3;3H,2H2,1H3. The van der Waals surface area contributed by atoms with Gasteiger partial charge in [-0.25, -0.2) is 0 Å². The second kappa shape index (κ2) is 30.2. The van der Waals surface area contributed by atoms with E-state index in [1.54, 1.807) is 6.92 Å². The van der Waals surface area contributed by atoms with Crippen LogP contribution in [-0.2, 0) is 13.3 Å². The highest BCUT2D eigenvalue weighted by Gasteiger charge is 2.41. The van der Waals surface area contributed by atoms with Gasteiger partial charge in [-0.2, -0.15) is 0 Å². The predicted octanol–water partition coefficient (Wildman–Crippen LogP) is 9.41. The van der Waals surface area contributed by atoms with Crippen LogP contribution in [0.2, 0.25) is 6.04 Å². The zero-order valence-electron chi connectivity index (χ0n) is 24.4. The molecule has 4 nitrogen and oxygen atoms in total. The SMILES string of the molecule is CCCCCCCCCCCCCC(C)O[Si](CCCCCCCCF)(OCC)OCC.CCO. The van der Waals surface area contributed by atoms with Gasteiger partial charge >= 0.3 is 8.80 Å². The van der Waals surface area contributed by atoms with Crippen LogP contribution in [0.5, 0.6) is 0 Å². The minimum absolute atomic E-state index is 0.185. The van der Waals surface area contributed by atoms with Crippen molar-refractivity contribution < 1.29 is 22.8 Å². The lowest BCUT2D eigenvalue weighted by atomic mass is 10.0. The topological polar surface area (TPSA) is 47.9 Å². The highest BCUT2D eigenvalue weighted by Crippen LogP contribution is 2.24. The molecule has 0 heterocycles. The third kappa shape index (κ3) is 26.9. The summed E-state index contributed by atoms with van der Waals surface area (Å²) in [5, 5.41) is 7.57. The van der Waals surface area contributed by atoms with Crippen molar-refractivity contribution in [3.05, 3.63) is 0 Å². The Morgan fingerprint density at radius 1 is 0.629 bits per heavy atom. The largest absolute Gasteiger partial charge is 0.501 e. The molecule has 1 atom stereocenters. The summed E-state index contributed by atoms with van der Waals surface area (Å²) in [6, 6.07) is 0.903. The maximum absolute atomic E-state index is 12.2. The molecule has 0 aromatic rings. The van der Waals surface area contributed by atoms with Gasteiger partial charge in [0.25, 0.3) is 0 Å². The predicted molar refractivity (Wildman–Crippen MR) is 152 cm³/mol. The summed E-state index contributed by atoms with van der Waals surface area (Å²) >= 11 is 0. The molecule has 0 aliphatic heterocycles. The van der Waals surface area contributed by atoms with Crippen LogP contribution < -0.4 is 0 Å². The van der Waals surface area contributed by atoms with Crippen molar-refractivity contribution in [2.24, 2.45) is 0 Å². The molecule has 0 fully saturated rings. The van der Waals surface area contributed by atoms with Crippen molar-refractivity contribution in [3.8, 4) is 0 Å². The quantitative estimate of drug-likeness (QED) is 0.0907. The summed E-state index contributed by atoms with van der Waals surface area (Å²) in [6.07, 6.45) is 22.6. The molecule has 6 heteroatoms. The Morgan fingerprint density at radius 2 is 1.03 bits per heavy atom. The molecule has 0 bridgehead atoms. The van der Waals surface area contributed by atoms with Gasteiger partial charge in [0.1, 0.15) is 0 Å². The molecular formula is C29H63FO4Si. The summed E-state index contributed by atoms with van der Waals surface area (Å²) in [4.78, 5) is 0. The number of hydrogen-bond donors (Lipinski definition) is 1. The van der Waals surface area contributed by atoms with Gasteiger partial charge < -0.3 is 18.4 Å². The summed E-state index contributed by atoms with van der Waals surface area (Å²) in [7, 11) is -2.59. The smallest absolute Gasteiger partial charge is 0.397 e. The molecule has 0 rings (SSSR count). The monoisotopic (exact) mass is 522 g/mol. The average molecular weight is 523 g/mol. The van der Waals surface area contributed by atoms with Crippen molar-refractivity contribution in [3.63, 3.8) is 0 Å². The van der Waals surface area contributed by atoms with Gasteiger partial charge in [0.05, 0.1) is 6.67 Å². The molecule has 35 heavy (non-hydrogen) atoms. The van der Waals surface area contributed by atoms with Crippen molar-refractivity contribution in [1.29, 1.82) is 0 Å². The van der Waals surface area contributed by atoms with Crippen LogP contribution in [0, 0.1) is 0 Å². The first kappa shape index (κ1) is 37.1. The lowest BCUT2D eigenvalue weighted by Crippen LogP contribution is -2.48. The molecule has 0 aromatic carbocycles. The fraction of sp³-hybridized carbons (Fsp3) is 1.00. The zero-order chi connectivity index (χ0) is 26.5. The highest BCUT2D eigenvalue weighted by molar-refractivity contribution is 6.60. The van der Waals surface area contributed by atoms with Gasteiger partial charge in [-0.05, 0) is 47.0 Å². The molecule has 0 radical (unpaired) electrons. The van der Waals surface area contributed by atoms with E-state index < -0.39 is 8.80 Å². The number of aliphatic hydroxyl groups excluding tert-OH is 1. The first-order valence-corrected chi connectivity index (χ1v) is 17.1. The molecular weight excluding hydrogens is 459 g/mol. The van der Waals surface area contributed by atoms with E-state index in [2.05, 4.69) is 13.8 Å². The van der Waals surface area contributed by atoms with Crippen molar-refractivity contribution >= 4 is 8.80 Å². The molecule has 0 aliphatic rings. The Morgan fingerprint density at radius 3 is 1.46 bits per heavy atom. The Hall–Kier alpha value is -0.0131. The summed E-state index contributed by atoms with van der Waals surface area (Å²) in [5.41, 5.74) is 0. The molecule has 0 saturated heterocycles. The minimum Gasteiger partial charge on any atom is -0.397 e. The first-order valence-electron chi connectivity index (χ1n) is 15.2. The zero-order valence-corrected chi connectivity index (χ0v) is 25.4. The second-order valence-corrected chi connectivity index (χ2v) is 12.4. The van der Waals surface area contributed by atoms with Gasteiger partial charge in [-0.15, -0.1) is 0 Å². The van der Waals surface area contributed by atoms with E-state index in [1.165, 1.54) is 70.6 Å². The van der Waals surface area contributed by atoms with Gasteiger partial charge in [-0.3, -0.25) is 4.39 Å². The number of alkyl halides is 1. The number of halogens is 1. The molecule has 0 aromatic heterocycles. The normalized spacial score (nSPS) is 12.4. The van der Waals surface area contributed by atoms with Crippen LogP contribution in [0.15, 0.2) is 0 Å². The molecule has 0 saturated carbocycles. The van der Waals surface area contributed by atoms with Gasteiger partial charge in [0, 0.05) is 32.0 Å². The van der Waals surface area contributed by atoms with E-state index in [0.29, 0.717) is 19.6 Å². The fourth-order valence-electron chi connectivity index (χ4n) is 4.36. The maximum atomic E-state index is 12.2. The van der Waals surface area contributed by atoms with Crippen LogP contribution in [-0.4, -0.2) is 46.5 Å². The summed E-state index contributed by atoms with van der Waals surface area (Å²) in [6.45, 7) is 11.6. The van der Waals surface area contributed by atoms with Crippen LogP contribution in [0.3, 0.4) is 0 Å². The lowest BCUT2D eigenvalue weighted by molar-refractivity contribution is 0.0342. The Bertz CT molecular complexity index is 382. The molecule has 1 unspecified atom stereocenters. The van der Waals surface area contributed by atoms with Crippen molar-refractivity contribution in [2.45, 2.75) is 162 Å². The number of unbranched alkanes of at least 4 members (excludes halogenated alkanes) is 15. The average Bonchev–Trinajstić information content (AvgIpc) is 2.83. The van der Waals surface area contributed by atoms with Crippen LogP contribution in [0.4, 0.5) is 4.39 Å². The van der Waals surface area contributed by atoms with Crippen molar-refractivity contribution in [2.75, 3.05) is 26.5 Å². The van der Waals surface area contributed by atoms with E-state index in [-0.39, 0.29) is 19.4 Å². The van der Waals surface area contributed by atoms with Crippen LogP contribution in [0.1, 0.15) is 150 Å². The van der Waals surface area contributed by atoms with Gasteiger partial charge in [0.2, 0.25) is 0 Å². The lowest BCUT2D eigenvalue weighted by Gasteiger charge is -2.32. The fourth-order valence-corrected chi connectivity index (χ4v) is 7.28. The molecule has 0 spiro atoms. The third-order valence-electron chi connectivity index (χ3n) is 6.19. The van der Waals surface area contributed by atoms with E-state index in [0.717, 1.165) is 44.6 Å². The Labute approximate surface area is 220 Å². The third-order valence-corrected chi connectivity index (χ3v) is 9.37. The van der Waals surface area contributed by atoms with Crippen LogP contribution in [0.25, 0.3) is 0 Å². The van der Waals surface area contributed by atoms with E-state index in [4.69, 9.17) is 18.4 Å². The molecule has 0 aliphatic carbocycles. The van der Waals surface area contributed by atoms with Crippen molar-refractivity contribution in [1.82, 2.24) is 0 Å². The van der Waals surface area contributed by atoms with E-state index in [9.17, 15) is 4.39 Å². The molecule has 1 N–H and O–H groups in total. The Balaban J connectivity index is 0. The highest BCUT2D eigenvalue weighted by atomic mass is 28.4. The molecule has 214 valence electrons. The summed E-state index contributed by atoms with van der Waals surface area (Å²) in [5.74, 6) is 0. The second-order valence-electron chi connectivity index (χ2n) is 9.68. The summed E-state index contributed by atoms with van der Waals surface area (Å²) < 4.78 is 31.0. The minimum atomic E-state index is -2.59. The van der Waals surface area contributed by atoms with E-state index >= 15 is 0 Å². The Kier molecular flexibility index (Phi) is 32.1. The van der Waals surface area contributed by atoms with E-state index in [1.807, 2.05) is 13.8 Å².